The quantitative estimate of drug-likeness (QED) is 0.342. The third-order valence-electron chi connectivity index (χ3n) is 8.02. The van der Waals surface area contributed by atoms with Gasteiger partial charge in [-0.25, -0.2) is 13.1 Å². The Hall–Kier alpha value is -2.63. The first kappa shape index (κ1) is 28.9. The van der Waals surface area contributed by atoms with E-state index in [-0.39, 0.29) is 48.8 Å². The van der Waals surface area contributed by atoms with Crippen LogP contribution in [0, 0.1) is 5.92 Å². The van der Waals surface area contributed by atoms with Crippen LogP contribution in [0.1, 0.15) is 54.4 Å². The van der Waals surface area contributed by atoms with Gasteiger partial charge < -0.3 is 19.7 Å². The molecule has 2 saturated heterocycles. The number of aliphatic hydroxyl groups excluding tert-OH is 2. The Kier molecular flexibility index (Phi) is 9.32. The van der Waals surface area contributed by atoms with Crippen LogP contribution in [0.4, 0.5) is 0 Å². The lowest BCUT2D eigenvalue weighted by Crippen LogP contribution is -2.46. The summed E-state index contributed by atoms with van der Waals surface area (Å²) in [5, 5.41) is 19.3. The highest BCUT2D eigenvalue weighted by Crippen LogP contribution is 2.42. The zero-order valence-electron chi connectivity index (χ0n) is 22.7. The van der Waals surface area contributed by atoms with Gasteiger partial charge in [0, 0.05) is 30.6 Å². The Bertz CT molecular complexity index is 1330. The minimum absolute atomic E-state index is 0.0128. The highest BCUT2D eigenvalue weighted by atomic mass is 32.2. The topological polar surface area (TPSA) is 108 Å². The molecule has 214 valence electrons. The van der Waals surface area contributed by atoms with E-state index in [1.807, 2.05) is 48.5 Å². The molecular weight excluding hydrogens is 528 g/mol. The number of benzene rings is 3. The van der Waals surface area contributed by atoms with Gasteiger partial charge in [0.25, 0.3) is 0 Å². The summed E-state index contributed by atoms with van der Waals surface area (Å²) in [6.07, 6.45) is 1.11. The van der Waals surface area contributed by atoms with Crippen LogP contribution >= 0.6 is 0 Å². The van der Waals surface area contributed by atoms with E-state index in [1.165, 1.54) is 0 Å². The second-order valence-electron chi connectivity index (χ2n) is 10.7. The molecule has 9 heteroatoms. The van der Waals surface area contributed by atoms with E-state index in [9.17, 15) is 18.6 Å². The van der Waals surface area contributed by atoms with Crippen molar-refractivity contribution in [1.29, 1.82) is 0 Å². The minimum Gasteiger partial charge on any atom is -0.395 e. The number of aliphatic hydroxyl groups is 2. The number of hydrogen-bond acceptors (Lipinski definition) is 7. The van der Waals surface area contributed by atoms with Crippen molar-refractivity contribution in [3.63, 3.8) is 0 Å². The zero-order valence-corrected chi connectivity index (χ0v) is 23.5. The van der Waals surface area contributed by atoms with Gasteiger partial charge in [-0.3, -0.25) is 4.90 Å². The Morgan fingerprint density at radius 3 is 2.25 bits per heavy atom. The summed E-state index contributed by atoms with van der Waals surface area (Å²) in [5.41, 5.74) is 3.54. The number of nitrogens with zero attached hydrogens (tertiary/aromatic N) is 1. The summed E-state index contributed by atoms with van der Waals surface area (Å²) in [5.74, 6) is 0.0582. The maximum absolute atomic E-state index is 12.6. The van der Waals surface area contributed by atoms with Gasteiger partial charge in [0.2, 0.25) is 10.0 Å². The van der Waals surface area contributed by atoms with Gasteiger partial charge in [0.05, 0.1) is 30.3 Å². The molecule has 5 atom stereocenters. The molecule has 0 aliphatic carbocycles. The molecule has 1 unspecified atom stereocenters. The second-order valence-corrected chi connectivity index (χ2v) is 12.4. The van der Waals surface area contributed by atoms with Gasteiger partial charge in [-0.2, -0.15) is 0 Å². The predicted molar refractivity (Wildman–Crippen MR) is 152 cm³/mol. The van der Waals surface area contributed by atoms with Gasteiger partial charge >= 0.3 is 0 Å². The molecule has 0 saturated carbocycles. The highest BCUT2D eigenvalue weighted by Gasteiger charge is 2.40. The molecule has 3 aromatic carbocycles. The van der Waals surface area contributed by atoms with Gasteiger partial charge in [-0.1, -0.05) is 73.7 Å². The average molecular weight is 567 g/mol. The molecule has 0 radical (unpaired) electrons. The number of rotatable bonds is 10. The number of nitrogens with one attached hydrogen (secondary N) is 1. The summed E-state index contributed by atoms with van der Waals surface area (Å²) in [7, 11) is -3.60. The maximum atomic E-state index is 12.6. The number of likely N-dealkylation sites (tertiary alicyclic amines) is 1. The summed E-state index contributed by atoms with van der Waals surface area (Å²) in [6, 6.07) is 23.9. The average Bonchev–Trinajstić information content (AvgIpc) is 3.45. The fourth-order valence-corrected chi connectivity index (χ4v) is 6.59. The molecule has 3 aromatic rings. The molecule has 2 fully saturated rings. The van der Waals surface area contributed by atoms with E-state index in [4.69, 9.17) is 9.47 Å². The Balaban J connectivity index is 1.33. The molecule has 2 aliphatic rings. The number of hydrogen-bond donors (Lipinski definition) is 3. The van der Waals surface area contributed by atoms with Crippen molar-refractivity contribution >= 4 is 10.0 Å². The molecule has 8 nitrogen and oxygen atoms in total. The fourth-order valence-electron chi connectivity index (χ4n) is 5.56. The van der Waals surface area contributed by atoms with E-state index in [0.29, 0.717) is 6.54 Å². The third-order valence-corrected chi connectivity index (χ3v) is 9.44. The van der Waals surface area contributed by atoms with Crippen molar-refractivity contribution in [3.05, 3.63) is 101 Å². The van der Waals surface area contributed by atoms with Gasteiger partial charge in [0.15, 0.2) is 6.29 Å². The standard InChI is InChI=1S/C31H38N2O6S/c1-22-29(19-33-17-5-6-27(33)21-35)38-31(39-30(22)25-13-11-24(20-34)12-14-25)26-15-9-23(10-16-26)18-32-40(36,37)28-7-3-2-4-8-28/h2-4,7-16,22,27,29-32,34-35H,5-6,17-21H2,1H3/t22-,27-,29+,30+,31?/m0/s1. The molecule has 0 amide bonds. The number of sulfonamides is 1. The van der Waals surface area contributed by atoms with Crippen LogP contribution in [0.15, 0.2) is 83.8 Å². The van der Waals surface area contributed by atoms with Crippen LogP contribution in [0.5, 0.6) is 0 Å². The lowest BCUT2D eigenvalue weighted by molar-refractivity contribution is -0.276. The third kappa shape index (κ3) is 6.63. The monoisotopic (exact) mass is 566 g/mol. The molecule has 40 heavy (non-hydrogen) atoms. The van der Waals surface area contributed by atoms with Crippen LogP contribution in [0.25, 0.3) is 0 Å². The lowest BCUT2D eigenvalue weighted by atomic mass is 9.90. The molecule has 0 spiro atoms. The molecule has 0 bridgehead atoms. The maximum Gasteiger partial charge on any atom is 0.240 e. The molecule has 2 aliphatic heterocycles. The van der Waals surface area contributed by atoms with Crippen molar-refractivity contribution in [2.45, 2.75) is 62.4 Å². The van der Waals surface area contributed by atoms with E-state index in [2.05, 4.69) is 16.5 Å². The highest BCUT2D eigenvalue weighted by molar-refractivity contribution is 7.89. The summed E-state index contributed by atoms with van der Waals surface area (Å²) < 4.78 is 40.9. The van der Waals surface area contributed by atoms with Crippen LogP contribution in [0.2, 0.25) is 0 Å². The van der Waals surface area contributed by atoms with Gasteiger partial charge in [-0.15, -0.1) is 0 Å². The Labute approximate surface area is 236 Å². The first-order valence-corrected chi connectivity index (χ1v) is 15.4. The largest absolute Gasteiger partial charge is 0.395 e. The van der Waals surface area contributed by atoms with Crippen LogP contribution in [0.3, 0.4) is 0 Å². The van der Waals surface area contributed by atoms with Crippen LogP contribution < -0.4 is 4.72 Å². The smallest absolute Gasteiger partial charge is 0.240 e. The van der Waals surface area contributed by atoms with Crippen LogP contribution in [-0.2, 0) is 32.6 Å². The lowest BCUT2D eigenvalue weighted by Gasteiger charge is -2.43. The Morgan fingerprint density at radius 2 is 1.57 bits per heavy atom. The van der Waals surface area contributed by atoms with Gasteiger partial charge in [0.1, 0.15) is 0 Å². The summed E-state index contributed by atoms with van der Waals surface area (Å²) in [6.45, 7) is 4.08. The normalized spacial score (nSPS) is 25.7. The molecule has 3 N–H and O–H groups in total. The molecular formula is C31H38N2O6S. The molecule has 0 aromatic heterocycles. The van der Waals surface area contributed by atoms with E-state index in [1.54, 1.807) is 30.3 Å². The zero-order chi connectivity index (χ0) is 28.1. The van der Waals surface area contributed by atoms with E-state index >= 15 is 0 Å². The second kappa shape index (κ2) is 12.9. The van der Waals surface area contributed by atoms with Gasteiger partial charge in [-0.05, 0) is 48.2 Å². The first-order valence-electron chi connectivity index (χ1n) is 13.9. The first-order chi connectivity index (χ1) is 19.4. The van der Waals surface area contributed by atoms with Crippen molar-refractivity contribution < 1.29 is 28.1 Å². The van der Waals surface area contributed by atoms with E-state index < -0.39 is 16.3 Å². The summed E-state index contributed by atoms with van der Waals surface area (Å²) >= 11 is 0. The Morgan fingerprint density at radius 1 is 0.900 bits per heavy atom. The summed E-state index contributed by atoms with van der Waals surface area (Å²) in [4.78, 5) is 2.55. The SMILES string of the molecule is C[C@H]1[C@@H](CN2CCC[C@H]2CO)OC(c2ccc(CNS(=O)(=O)c3ccccc3)cc2)O[C@H]1c1ccc(CO)cc1. The van der Waals surface area contributed by atoms with Crippen molar-refractivity contribution in [1.82, 2.24) is 9.62 Å². The van der Waals surface area contributed by atoms with E-state index in [0.717, 1.165) is 41.6 Å². The molecule has 5 rings (SSSR count). The minimum atomic E-state index is -3.60. The molecule has 2 heterocycles. The number of ether oxygens (including phenoxy) is 2. The van der Waals surface area contributed by atoms with Crippen molar-refractivity contribution in [2.75, 3.05) is 19.7 Å². The van der Waals surface area contributed by atoms with Crippen molar-refractivity contribution in [3.8, 4) is 0 Å². The fraction of sp³-hybridized carbons (Fsp3) is 0.419. The van der Waals surface area contributed by atoms with Crippen LogP contribution in [-0.4, -0.2) is 55.4 Å². The van der Waals surface area contributed by atoms with Crippen molar-refractivity contribution in [2.24, 2.45) is 5.92 Å². The predicted octanol–water partition coefficient (Wildman–Crippen LogP) is 3.91.